The summed E-state index contributed by atoms with van der Waals surface area (Å²) in [5, 5.41) is 3.15. The van der Waals surface area contributed by atoms with Gasteiger partial charge in [-0.2, -0.15) is 0 Å². The molecule has 1 heterocycles. The number of aromatic nitrogens is 2. The summed E-state index contributed by atoms with van der Waals surface area (Å²) >= 11 is 0. The summed E-state index contributed by atoms with van der Waals surface area (Å²) in [5.74, 6) is 1.90. The minimum atomic E-state index is -0.107. The van der Waals surface area contributed by atoms with Crippen LogP contribution in [0, 0.1) is 12.8 Å². The van der Waals surface area contributed by atoms with Gasteiger partial charge in [-0.15, -0.1) is 0 Å². The van der Waals surface area contributed by atoms with Crippen molar-refractivity contribution in [1.82, 2.24) is 9.97 Å². The SMILES string of the molecule is CCC(C)CNc1cc(=O)[nH]c(C)n1. The van der Waals surface area contributed by atoms with Crippen molar-refractivity contribution in [2.45, 2.75) is 27.2 Å². The molecule has 4 heteroatoms. The van der Waals surface area contributed by atoms with Crippen LogP contribution in [0.5, 0.6) is 0 Å². The zero-order valence-corrected chi connectivity index (χ0v) is 8.92. The standard InChI is InChI=1S/C10H17N3O/c1-4-7(2)6-11-9-5-10(14)13-8(3)12-9/h5,7H,4,6H2,1-3H3,(H2,11,12,13,14). The van der Waals surface area contributed by atoms with Crippen LogP contribution < -0.4 is 10.9 Å². The number of aromatic amines is 1. The van der Waals surface area contributed by atoms with Gasteiger partial charge in [0.25, 0.3) is 5.56 Å². The third-order valence-corrected chi connectivity index (χ3v) is 2.19. The van der Waals surface area contributed by atoms with Gasteiger partial charge in [-0.05, 0) is 12.8 Å². The molecular weight excluding hydrogens is 178 g/mol. The average Bonchev–Trinajstić information content (AvgIpc) is 2.12. The van der Waals surface area contributed by atoms with Gasteiger partial charge in [0.1, 0.15) is 11.6 Å². The maximum absolute atomic E-state index is 11.1. The van der Waals surface area contributed by atoms with E-state index in [0.717, 1.165) is 13.0 Å². The average molecular weight is 195 g/mol. The topological polar surface area (TPSA) is 57.8 Å². The molecule has 78 valence electrons. The number of aryl methyl sites for hydroxylation is 1. The van der Waals surface area contributed by atoms with Gasteiger partial charge < -0.3 is 10.3 Å². The molecule has 0 amide bonds. The van der Waals surface area contributed by atoms with Crippen LogP contribution in [0.15, 0.2) is 10.9 Å². The number of anilines is 1. The summed E-state index contributed by atoms with van der Waals surface area (Å²) in [7, 11) is 0. The lowest BCUT2D eigenvalue weighted by Crippen LogP contribution is -2.15. The second kappa shape index (κ2) is 4.79. The molecule has 2 N–H and O–H groups in total. The van der Waals surface area contributed by atoms with Gasteiger partial charge in [0.15, 0.2) is 0 Å². The van der Waals surface area contributed by atoms with Crippen molar-refractivity contribution in [3.05, 3.63) is 22.2 Å². The Balaban J connectivity index is 2.63. The fraction of sp³-hybridized carbons (Fsp3) is 0.600. The minimum absolute atomic E-state index is 0.107. The van der Waals surface area contributed by atoms with E-state index in [9.17, 15) is 4.79 Å². The van der Waals surface area contributed by atoms with E-state index in [1.165, 1.54) is 6.07 Å². The Bertz CT molecular complexity index is 345. The largest absolute Gasteiger partial charge is 0.370 e. The number of rotatable bonds is 4. The van der Waals surface area contributed by atoms with Crippen LogP contribution in [0.2, 0.25) is 0 Å². The van der Waals surface area contributed by atoms with Crippen molar-refractivity contribution in [2.75, 3.05) is 11.9 Å². The van der Waals surface area contributed by atoms with Crippen molar-refractivity contribution >= 4 is 5.82 Å². The van der Waals surface area contributed by atoms with Crippen LogP contribution >= 0.6 is 0 Å². The third-order valence-electron chi connectivity index (χ3n) is 2.19. The fourth-order valence-electron chi connectivity index (χ4n) is 1.09. The lowest BCUT2D eigenvalue weighted by molar-refractivity contribution is 0.592. The monoisotopic (exact) mass is 195 g/mol. The smallest absolute Gasteiger partial charge is 0.252 e. The first-order valence-electron chi connectivity index (χ1n) is 4.93. The molecule has 0 aliphatic carbocycles. The number of nitrogens with zero attached hydrogens (tertiary/aromatic N) is 1. The Hall–Kier alpha value is -1.32. The first-order valence-corrected chi connectivity index (χ1v) is 4.93. The van der Waals surface area contributed by atoms with Gasteiger partial charge in [0.05, 0.1) is 0 Å². The Labute approximate surface area is 83.8 Å². The van der Waals surface area contributed by atoms with Gasteiger partial charge >= 0.3 is 0 Å². The van der Waals surface area contributed by atoms with Crippen LogP contribution in [0.4, 0.5) is 5.82 Å². The lowest BCUT2D eigenvalue weighted by Gasteiger charge is -2.10. The molecule has 0 aliphatic rings. The Kier molecular flexibility index (Phi) is 3.68. The molecule has 0 aliphatic heterocycles. The molecule has 0 spiro atoms. The Morgan fingerprint density at radius 3 is 2.93 bits per heavy atom. The number of nitrogens with one attached hydrogen (secondary N) is 2. The normalized spacial score (nSPS) is 12.5. The molecule has 1 aromatic rings. The number of hydrogen-bond donors (Lipinski definition) is 2. The van der Waals surface area contributed by atoms with Gasteiger partial charge in [-0.25, -0.2) is 4.98 Å². The summed E-state index contributed by atoms with van der Waals surface area (Å²) in [4.78, 5) is 17.9. The molecule has 4 nitrogen and oxygen atoms in total. The van der Waals surface area contributed by atoms with Crippen LogP contribution in [-0.2, 0) is 0 Å². The highest BCUT2D eigenvalue weighted by atomic mass is 16.1. The van der Waals surface area contributed by atoms with E-state index < -0.39 is 0 Å². The van der Waals surface area contributed by atoms with E-state index >= 15 is 0 Å². The van der Waals surface area contributed by atoms with Crippen molar-refractivity contribution in [3.63, 3.8) is 0 Å². The van der Waals surface area contributed by atoms with Gasteiger partial charge in [-0.1, -0.05) is 20.3 Å². The van der Waals surface area contributed by atoms with Crippen molar-refractivity contribution in [3.8, 4) is 0 Å². The summed E-state index contributed by atoms with van der Waals surface area (Å²) < 4.78 is 0. The molecule has 0 radical (unpaired) electrons. The minimum Gasteiger partial charge on any atom is -0.370 e. The van der Waals surface area contributed by atoms with E-state index in [4.69, 9.17) is 0 Å². The quantitative estimate of drug-likeness (QED) is 0.766. The highest BCUT2D eigenvalue weighted by Crippen LogP contribution is 2.03. The fourth-order valence-corrected chi connectivity index (χ4v) is 1.09. The van der Waals surface area contributed by atoms with E-state index in [0.29, 0.717) is 17.6 Å². The third kappa shape index (κ3) is 3.20. The van der Waals surface area contributed by atoms with Crippen LogP contribution in [-0.4, -0.2) is 16.5 Å². The molecule has 0 bridgehead atoms. The zero-order valence-electron chi connectivity index (χ0n) is 8.92. The van der Waals surface area contributed by atoms with Gasteiger partial charge in [-0.3, -0.25) is 4.79 Å². The van der Waals surface area contributed by atoms with E-state index in [-0.39, 0.29) is 5.56 Å². The maximum Gasteiger partial charge on any atom is 0.252 e. The summed E-state index contributed by atoms with van der Waals surface area (Å²) in [6.45, 7) is 6.93. The van der Waals surface area contributed by atoms with Crippen LogP contribution in [0.1, 0.15) is 26.1 Å². The predicted molar refractivity (Wildman–Crippen MR) is 57.5 cm³/mol. The Morgan fingerprint density at radius 2 is 2.36 bits per heavy atom. The summed E-state index contributed by atoms with van der Waals surface area (Å²) in [6.07, 6.45) is 1.12. The highest BCUT2D eigenvalue weighted by Gasteiger charge is 2.00. The van der Waals surface area contributed by atoms with Crippen molar-refractivity contribution < 1.29 is 0 Å². The summed E-state index contributed by atoms with van der Waals surface area (Å²) in [5.41, 5.74) is -0.107. The zero-order chi connectivity index (χ0) is 10.6. The van der Waals surface area contributed by atoms with Gasteiger partial charge in [0.2, 0.25) is 0 Å². The molecule has 0 saturated carbocycles. The first kappa shape index (κ1) is 10.8. The van der Waals surface area contributed by atoms with Crippen molar-refractivity contribution in [2.24, 2.45) is 5.92 Å². The molecule has 0 aromatic carbocycles. The molecule has 1 atom stereocenters. The van der Waals surface area contributed by atoms with E-state index in [1.807, 2.05) is 0 Å². The summed E-state index contributed by atoms with van der Waals surface area (Å²) in [6, 6.07) is 1.48. The first-order chi connectivity index (χ1) is 6.61. The second-order valence-corrected chi connectivity index (χ2v) is 3.61. The molecule has 14 heavy (non-hydrogen) atoms. The van der Waals surface area contributed by atoms with E-state index in [1.54, 1.807) is 6.92 Å². The van der Waals surface area contributed by atoms with Crippen LogP contribution in [0.25, 0.3) is 0 Å². The molecule has 1 rings (SSSR count). The molecule has 1 unspecified atom stereocenters. The van der Waals surface area contributed by atoms with Crippen molar-refractivity contribution in [1.29, 1.82) is 0 Å². The van der Waals surface area contributed by atoms with Gasteiger partial charge in [0, 0.05) is 12.6 Å². The van der Waals surface area contributed by atoms with E-state index in [2.05, 4.69) is 29.1 Å². The predicted octanol–water partition coefficient (Wildman–Crippen LogP) is 1.54. The Morgan fingerprint density at radius 1 is 1.64 bits per heavy atom. The molecule has 1 aromatic heterocycles. The number of hydrogen-bond acceptors (Lipinski definition) is 3. The second-order valence-electron chi connectivity index (χ2n) is 3.61. The van der Waals surface area contributed by atoms with Crippen LogP contribution in [0.3, 0.4) is 0 Å². The highest BCUT2D eigenvalue weighted by molar-refractivity contribution is 5.32. The molecule has 0 fully saturated rings. The maximum atomic E-state index is 11.1. The molecular formula is C10H17N3O. The number of H-pyrrole nitrogens is 1. The molecule has 0 saturated heterocycles. The lowest BCUT2D eigenvalue weighted by atomic mass is 10.1.